The molecule has 0 N–H and O–H groups in total. The number of nitrogens with zero attached hydrogens (tertiary/aromatic N) is 4. The Morgan fingerprint density at radius 1 is 1.21 bits per heavy atom. The van der Waals surface area contributed by atoms with E-state index < -0.39 is 0 Å². The molecular weight excluding hydrogens is 304 g/mol. The third-order valence-corrected chi connectivity index (χ3v) is 4.48. The van der Waals surface area contributed by atoms with E-state index in [1.54, 1.807) is 12.4 Å². The molecule has 6 nitrogen and oxygen atoms in total. The van der Waals surface area contributed by atoms with Gasteiger partial charge in [0.1, 0.15) is 0 Å². The lowest BCUT2D eigenvalue weighted by Gasteiger charge is -2.33. The van der Waals surface area contributed by atoms with Gasteiger partial charge in [0.05, 0.1) is 18.6 Å². The summed E-state index contributed by atoms with van der Waals surface area (Å²) in [5.41, 5.74) is 1.61. The number of amides is 1. The number of rotatable bonds is 3. The standard InChI is InChI=1S/C18H18N4O2/c23-18(15-5-3-14(4-6-15)17-10-20-13-24-17)21-8-1-2-16(11-21)22-9-7-19-12-22/h3-7,9-10,12-13,16H,1-2,8,11H2/t16-/m0/s1. The first kappa shape index (κ1) is 14.7. The minimum absolute atomic E-state index is 0.0731. The second-order valence-electron chi connectivity index (χ2n) is 6.00. The van der Waals surface area contributed by atoms with E-state index in [1.807, 2.05) is 41.7 Å². The zero-order valence-electron chi connectivity index (χ0n) is 13.2. The molecular formula is C18H18N4O2. The molecule has 1 amide bonds. The smallest absolute Gasteiger partial charge is 0.253 e. The van der Waals surface area contributed by atoms with Crippen molar-refractivity contribution in [1.29, 1.82) is 0 Å². The fourth-order valence-corrected chi connectivity index (χ4v) is 3.19. The zero-order chi connectivity index (χ0) is 16.4. The number of hydrogen-bond donors (Lipinski definition) is 0. The predicted octanol–water partition coefficient (Wildman–Crippen LogP) is 3.02. The molecule has 3 aromatic rings. The van der Waals surface area contributed by atoms with E-state index in [0.29, 0.717) is 17.4 Å². The number of imidazole rings is 1. The Morgan fingerprint density at radius 2 is 2.08 bits per heavy atom. The largest absolute Gasteiger partial charge is 0.444 e. The molecule has 24 heavy (non-hydrogen) atoms. The van der Waals surface area contributed by atoms with Gasteiger partial charge in [-0.05, 0) is 25.0 Å². The summed E-state index contributed by atoms with van der Waals surface area (Å²) < 4.78 is 7.37. The van der Waals surface area contributed by atoms with Crippen LogP contribution in [0.25, 0.3) is 11.3 Å². The lowest BCUT2D eigenvalue weighted by atomic mass is 10.0. The third kappa shape index (κ3) is 2.82. The summed E-state index contributed by atoms with van der Waals surface area (Å²) in [4.78, 5) is 22.7. The summed E-state index contributed by atoms with van der Waals surface area (Å²) in [6.45, 7) is 1.52. The number of benzene rings is 1. The molecule has 2 aromatic heterocycles. The van der Waals surface area contributed by atoms with E-state index in [-0.39, 0.29) is 5.91 Å². The van der Waals surface area contributed by atoms with Crippen LogP contribution in [0.2, 0.25) is 0 Å². The number of oxazole rings is 1. The SMILES string of the molecule is O=C(c1ccc(-c2cnco2)cc1)N1CCC[C@H](n2ccnc2)C1. The first-order valence-corrected chi connectivity index (χ1v) is 8.07. The lowest BCUT2D eigenvalue weighted by molar-refractivity contribution is 0.0679. The van der Waals surface area contributed by atoms with E-state index in [4.69, 9.17) is 4.42 Å². The Hall–Kier alpha value is -2.89. The molecule has 1 saturated heterocycles. The van der Waals surface area contributed by atoms with Crippen LogP contribution in [0.5, 0.6) is 0 Å². The summed E-state index contributed by atoms with van der Waals surface area (Å²) in [6, 6.07) is 7.79. The van der Waals surface area contributed by atoms with Crippen molar-refractivity contribution in [3.05, 3.63) is 61.1 Å². The third-order valence-electron chi connectivity index (χ3n) is 4.48. The van der Waals surface area contributed by atoms with Crippen LogP contribution in [0.15, 0.2) is 60.0 Å². The van der Waals surface area contributed by atoms with Gasteiger partial charge in [0.15, 0.2) is 12.2 Å². The van der Waals surface area contributed by atoms with Gasteiger partial charge in [0.2, 0.25) is 0 Å². The average Bonchev–Trinajstić information content (AvgIpc) is 3.35. The highest BCUT2D eigenvalue weighted by atomic mass is 16.3. The monoisotopic (exact) mass is 322 g/mol. The number of carbonyl (C=O) groups is 1. The highest BCUT2D eigenvalue weighted by Crippen LogP contribution is 2.24. The Morgan fingerprint density at radius 3 is 2.79 bits per heavy atom. The Balaban J connectivity index is 1.49. The molecule has 122 valence electrons. The van der Waals surface area contributed by atoms with Crippen LogP contribution in [0.4, 0.5) is 0 Å². The van der Waals surface area contributed by atoms with Gasteiger partial charge in [0, 0.05) is 36.6 Å². The summed E-state index contributed by atoms with van der Waals surface area (Å²) in [6.07, 6.45) is 10.7. The summed E-state index contributed by atoms with van der Waals surface area (Å²) in [7, 11) is 0. The number of hydrogen-bond acceptors (Lipinski definition) is 4. The molecule has 1 aliphatic heterocycles. The van der Waals surface area contributed by atoms with E-state index in [1.165, 1.54) is 6.39 Å². The molecule has 1 atom stereocenters. The second-order valence-corrected chi connectivity index (χ2v) is 6.00. The van der Waals surface area contributed by atoms with Crippen LogP contribution >= 0.6 is 0 Å². The van der Waals surface area contributed by atoms with Gasteiger partial charge >= 0.3 is 0 Å². The fraction of sp³-hybridized carbons (Fsp3) is 0.278. The molecule has 0 saturated carbocycles. The van der Waals surface area contributed by atoms with E-state index in [9.17, 15) is 4.79 Å². The molecule has 0 unspecified atom stereocenters. The molecule has 6 heteroatoms. The molecule has 1 aromatic carbocycles. The van der Waals surface area contributed by atoms with Gasteiger partial charge in [-0.1, -0.05) is 12.1 Å². The molecule has 0 bridgehead atoms. The maximum atomic E-state index is 12.8. The van der Waals surface area contributed by atoms with Gasteiger partial charge < -0.3 is 13.9 Å². The summed E-state index contributed by atoms with van der Waals surface area (Å²) in [5, 5.41) is 0. The Kier molecular flexibility index (Phi) is 3.86. The van der Waals surface area contributed by atoms with Gasteiger partial charge in [-0.3, -0.25) is 4.79 Å². The van der Waals surface area contributed by atoms with Gasteiger partial charge in [-0.2, -0.15) is 0 Å². The van der Waals surface area contributed by atoms with Crippen molar-refractivity contribution in [2.45, 2.75) is 18.9 Å². The van der Waals surface area contributed by atoms with Crippen LogP contribution in [0.3, 0.4) is 0 Å². The highest BCUT2D eigenvalue weighted by molar-refractivity contribution is 5.94. The number of carbonyl (C=O) groups excluding carboxylic acids is 1. The van der Waals surface area contributed by atoms with Crippen molar-refractivity contribution in [1.82, 2.24) is 19.4 Å². The number of likely N-dealkylation sites (tertiary alicyclic amines) is 1. The van der Waals surface area contributed by atoms with Crippen molar-refractivity contribution < 1.29 is 9.21 Å². The minimum atomic E-state index is 0.0731. The molecule has 1 aliphatic rings. The molecule has 1 fully saturated rings. The van der Waals surface area contributed by atoms with Crippen molar-refractivity contribution in [3.8, 4) is 11.3 Å². The summed E-state index contributed by atoms with van der Waals surface area (Å²) in [5.74, 6) is 0.774. The molecule has 0 radical (unpaired) electrons. The first-order chi connectivity index (χ1) is 11.8. The lowest BCUT2D eigenvalue weighted by Crippen LogP contribution is -2.40. The Labute approximate surface area is 139 Å². The fourth-order valence-electron chi connectivity index (χ4n) is 3.19. The van der Waals surface area contributed by atoms with E-state index in [2.05, 4.69) is 14.5 Å². The van der Waals surface area contributed by atoms with Gasteiger partial charge in [-0.15, -0.1) is 0 Å². The zero-order valence-corrected chi connectivity index (χ0v) is 13.2. The molecule has 3 heterocycles. The van der Waals surface area contributed by atoms with E-state index in [0.717, 1.165) is 31.5 Å². The predicted molar refractivity (Wildman–Crippen MR) is 88.3 cm³/mol. The molecule has 4 rings (SSSR count). The normalized spacial score (nSPS) is 17.8. The van der Waals surface area contributed by atoms with Gasteiger partial charge in [-0.25, -0.2) is 9.97 Å². The second kappa shape index (κ2) is 6.31. The van der Waals surface area contributed by atoms with Crippen molar-refractivity contribution in [2.75, 3.05) is 13.1 Å². The Bertz CT molecular complexity index is 794. The van der Waals surface area contributed by atoms with Crippen LogP contribution in [-0.4, -0.2) is 38.4 Å². The summed E-state index contributed by atoms with van der Waals surface area (Å²) >= 11 is 0. The van der Waals surface area contributed by atoms with E-state index >= 15 is 0 Å². The van der Waals surface area contributed by atoms with Crippen LogP contribution < -0.4 is 0 Å². The number of piperidine rings is 1. The van der Waals surface area contributed by atoms with Crippen LogP contribution in [-0.2, 0) is 0 Å². The van der Waals surface area contributed by atoms with Crippen molar-refractivity contribution >= 4 is 5.91 Å². The van der Waals surface area contributed by atoms with Crippen LogP contribution in [0, 0.1) is 0 Å². The van der Waals surface area contributed by atoms with Gasteiger partial charge in [0.25, 0.3) is 5.91 Å². The first-order valence-electron chi connectivity index (χ1n) is 8.07. The van der Waals surface area contributed by atoms with Crippen molar-refractivity contribution in [2.24, 2.45) is 0 Å². The molecule has 0 aliphatic carbocycles. The molecule has 0 spiro atoms. The highest BCUT2D eigenvalue weighted by Gasteiger charge is 2.25. The quantitative estimate of drug-likeness (QED) is 0.743. The van der Waals surface area contributed by atoms with Crippen molar-refractivity contribution in [3.63, 3.8) is 0 Å². The van der Waals surface area contributed by atoms with Crippen LogP contribution in [0.1, 0.15) is 29.2 Å². The maximum Gasteiger partial charge on any atom is 0.253 e. The maximum absolute atomic E-state index is 12.8. The number of aromatic nitrogens is 3. The topological polar surface area (TPSA) is 64.2 Å². The minimum Gasteiger partial charge on any atom is -0.444 e. The average molecular weight is 322 g/mol.